The number of hydrogen-bond donors (Lipinski definition) is 0. The third-order valence-corrected chi connectivity index (χ3v) is 1.23. The predicted octanol–water partition coefficient (Wildman–Crippen LogP) is 3.40. The zero-order valence-electron chi connectivity index (χ0n) is 8.58. The van der Waals surface area contributed by atoms with Gasteiger partial charge < -0.3 is 9.47 Å². The van der Waals surface area contributed by atoms with Gasteiger partial charge in [0.1, 0.15) is 6.61 Å². The van der Waals surface area contributed by atoms with Gasteiger partial charge >= 0.3 is 6.16 Å². The van der Waals surface area contributed by atoms with E-state index in [1.165, 1.54) is 0 Å². The fraction of sp³-hybridized carbons (Fsp3) is 0.727. The van der Waals surface area contributed by atoms with E-state index in [2.05, 4.69) is 0 Å². The van der Waals surface area contributed by atoms with Crippen LogP contribution in [-0.4, -0.2) is 19.4 Å². The molecule has 0 radical (unpaired) electrons. The van der Waals surface area contributed by atoms with Crippen LogP contribution in [-0.2, 0) is 9.47 Å². The molecule has 0 aromatic carbocycles. The average Bonchev–Trinajstić information content (AvgIpc) is 2.09. The van der Waals surface area contributed by atoms with Gasteiger partial charge in [0, 0.05) is 0 Å². The van der Waals surface area contributed by atoms with Crippen LogP contribution in [0, 0.1) is 5.92 Å². The second-order valence-corrected chi connectivity index (χ2v) is 3.15. The second kappa shape index (κ2) is 10.1. The quantitative estimate of drug-likeness (QED) is 0.506. The van der Waals surface area contributed by atoms with Gasteiger partial charge in [0.05, 0.1) is 6.61 Å². The van der Waals surface area contributed by atoms with Crippen LogP contribution < -0.4 is 0 Å². The van der Waals surface area contributed by atoms with Crippen molar-refractivity contribution in [2.75, 3.05) is 13.2 Å². The summed E-state index contributed by atoms with van der Waals surface area (Å²) < 4.78 is 9.54. The Morgan fingerprint density at radius 1 is 1.29 bits per heavy atom. The molecule has 0 aromatic rings. The van der Waals surface area contributed by atoms with Gasteiger partial charge in [-0.3, -0.25) is 0 Å². The molecule has 0 aliphatic heterocycles. The van der Waals surface area contributed by atoms with Crippen molar-refractivity contribution in [2.45, 2.75) is 34.6 Å². The molecule has 0 aromatic heterocycles. The number of carbonyl (C=O) groups is 1. The highest BCUT2D eigenvalue weighted by Crippen LogP contribution is 1.94. The van der Waals surface area contributed by atoms with E-state index >= 15 is 0 Å². The minimum Gasteiger partial charge on any atom is -0.434 e. The van der Waals surface area contributed by atoms with Crippen molar-refractivity contribution >= 4 is 6.16 Å². The summed E-state index contributed by atoms with van der Waals surface area (Å²) in [6.07, 6.45) is 4.10. The van der Waals surface area contributed by atoms with Crippen LogP contribution in [0.2, 0.25) is 0 Å². The minimum atomic E-state index is -0.588. The van der Waals surface area contributed by atoms with Crippen LogP contribution in [0.1, 0.15) is 34.6 Å². The number of rotatable bonds is 5. The van der Waals surface area contributed by atoms with E-state index in [1.54, 1.807) is 6.08 Å². The van der Waals surface area contributed by atoms with Gasteiger partial charge in [0.15, 0.2) is 0 Å². The summed E-state index contributed by atoms with van der Waals surface area (Å²) in [7, 11) is 0. The Bertz CT molecular complexity index is 162. The summed E-state index contributed by atoms with van der Waals surface area (Å²) in [5, 5.41) is 0. The Balaban J connectivity index is 0. The molecule has 3 nitrogen and oxygen atoms in total. The fourth-order valence-electron chi connectivity index (χ4n) is 0.627. The Kier molecular flexibility index (Phi) is 11.2. The van der Waals surface area contributed by atoms with Gasteiger partial charge in [-0.2, -0.15) is 0 Å². The first-order chi connectivity index (χ1) is 6.16. The summed E-state index contributed by atoms with van der Waals surface area (Å²) >= 11 is 0. The maximum absolute atomic E-state index is 10.8. The third-order valence-electron chi connectivity index (χ3n) is 1.23. The van der Waals surface area contributed by atoms with E-state index < -0.39 is 6.16 Å². The Morgan fingerprint density at radius 2 is 1.93 bits per heavy atom. The SMILES string of the molecule is C.CC/C=C\COC(=O)OCC(C)C. The van der Waals surface area contributed by atoms with Crippen LogP contribution in [0.4, 0.5) is 4.79 Å². The maximum Gasteiger partial charge on any atom is 0.508 e. The molecule has 0 aliphatic rings. The minimum absolute atomic E-state index is 0. The van der Waals surface area contributed by atoms with Gasteiger partial charge in [-0.1, -0.05) is 40.3 Å². The van der Waals surface area contributed by atoms with Gasteiger partial charge in [0.25, 0.3) is 0 Å². The van der Waals surface area contributed by atoms with E-state index in [4.69, 9.17) is 9.47 Å². The van der Waals surface area contributed by atoms with Crippen molar-refractivity contribution in [3.8, 4) is 0 Å². The van der Waals surface area contributed by atoms with Crippen LogP contribution in [0.25, 0.3) is 0 Å². The molecule has 0 saturated heterocycles. The first kappa shape index (κ1) is 15.5. The highest BCUT2D eigenvalue weighted by Gasteiger charge is 2.02. The first-order valence-electron chi connectivity index (χ1n) is 4.61. The highest BCUT2D eigenvalue weighted by molar-refractivity contribution is 5.59. The van der Waals surface area contributed by atoms with Crippen molar-refractivity contribution in [2.24, 2.45) is 5.92 Å². The summed E-state index contributed by atoms with van der Waals surface area (Å²) in [6.45, 7) is 6.68. The van der Waals surface area contributed by atoms with E-state index in [9.17, 15) is 4.79 Å². The van der Waals surface area contributed by atoms with Crippen molar-refractivity contribution in [1.82, 2.24) is 0 Å². The molecule has 0 amide bonds. The molecule has 0 bridgehead atoms. The van der Waals surface area contributed by atoms with Crippen molar-refractivity contribution in [1.29, 1.82) is 0 Å². The first-order valence-corrected chi connectivity index (χ1v) is 4.61. The number of allylic oxidation sites excluding steroid dienone is 1. The lowest BCUT2D eigenvalue weighted by Crippen LogP contribution is -2.11. The molecule has 84 valence electrons. The molecule has 0 fully saturated rings. The van der Waals surface area contributed by atoms with Crippen molar-refractivity contribution < 1.29 is 14.3 Å². The van der Waals surface area contributed by atoms with E-state index in [0.29, 0.717) is 19.1 Å². The van der Waals surface area contributed by atoms with Crippen LogP contribution in [0.3, 0.4) is 0 Å². The van der Waals surface area contributed by atoms with E-state index in [1.807, 2.05) is 26.8 Å². The van der Waals surface area contributed by atoms with Crippen molar-refractivity contribution in [3.05, 3.63) is 12.2 Å². The largest absolute Gasteiger partial charge is 0.508 e. The Hall–Kier alpha value is -0.990. The molecule has 0 N–H and O–H groups in total. The Labute approximate surface area is 87.1 Å². The monoisotopic (exact) mass is 202 g/mol. The van der Waals surface area contributed by atoms with Crippen molar-refractivity contribution in [3.63, 3.8) is 0 Å². The molecule has 14 heavy (non-hydrogen) atoms. The lowest BCUT2D eigenvalue weighted by molar-refractivity contribution is 0.0550. The lowest BCUT2D eigenvalue weighted by Gasteiger charge is -2.05. The normalized spacial score (nSPS) is 10.0. The number of carbonyl (C=O) groups excluding carboxylic acids is 1. The lowest BCUT2D eigenvalue weighted by atomic mass is 10.2. The molecule has 0 spiro atoms. The van der Waals surface area contributed by atoms with E-state index in [-0.39, 0.29) is 7.43 Å². The second-order valence-electron chi connectivity index (χ2n) is 3.15. The zero-order chi connectivity index (χ0) is 10.1. The summed E-state index contributed by atoms with van der Waals surface area (Å²) in [4.78, 5) is 10.8. The topological polar surface area (TPSA) is 35.5 Å². The molecular formula is C11H22O3. The smallest absolute Gasteiger partial charge is 0.434 e. The van der Waals surface area contributed by atoms with Gasteiger partial charge in [-0.15, -0.1) is 0 Å². The van der Waals surface area contributed by atoms with Gasteiger partial charge in [0.2, 0.25) is 0 Å². The molecular weight excluding hydrogens is 180 g/mol. The molecule has 0 rings (SSSR count). The predicted molar refractivity (Wildman–Crippen MR) is 58.3 cm³/mol. The third kappa shape index (κ3) is 11.0. The maximum atomic E-state index is 10.8. The highest BCUT2D eigenvalue weighted by atomic mass is 16.7. The summed E-state index contributed by atoms with van der Waals surface area (Å²) in [6, 6.07) is 0. The zero-order valence-corrected chi connectivity index (χ0v) is 8.58. The number of hydrogen-bond acceptors (Lipinski definition) is 3. The molecule has 3 heteroatoms. The van der Waals surface area contributed by atoms with Crippen LogP contribution in [0.15, 0.2) is 12.2 Å². The molecule has 0 aliphatic carbocycles. The molecule has 0 saturated carbocycles. The van der Waals surface area contributed by atoms with Gasteiger partial charge in [-0.25, -0.2) is 4.79 Å². The number of ether oxygens (including phenoxy) is 2. The van der Waals surface area contributed by atoms with Crippen LogP contribution >= 0.6 is 0 Å². The molecule has 0 atom stereocenters. The molecule has 0 unspecified atom stereocenters. The summed E-state index contributed by atoms with van der Waals surface area (Å²) in [5.41, 5.74) is 0. The Morgan fingerprint density at radius 3 is 2.43 bits per heavy atom. The van der Waals surface area contributed by atoms with E-state index in [0.717, 1.165) is 6.42 Å². The van der Waals surface area contributed by atoms with Gasteiger partial charge in [-0.05, 0) is 12.3 Å². The van der Waals surface area contributed by atoms with Crippen LogP contribution in [0.5, 0.6) is 0 Å². The average molecular weight is 202 g/mol. The summed E-state index contributed by atoms with van der Waals surface area (Å²) in [5.74, 6) is 0.346. The molecule has 0 heterocycles. The fourth-order valence-corrected chi connectivity index (χ4v) is 0.627. The standard InChI is InChI=1S/C10H18O3.CH4/c1-4-5-6-7-12-10(11)13-8-9(2)3;/h5-6,9H,4,7-8H2,1-3H3;1H4/b6-5-;.